The Balaban J connectivity index is 2.18. The maximum atomic E-state index is 13.3. The van der Waals surface area contributed by atoms with E-state index >= 15 is 0 Å². The summed E-state index contributed by atoms with van der Waals surface area (Å²) in [6.07, 6.45) is 0.222. The molecule has 20 heavy (non-hydrogen) atoms. The molecule has 0 saturated heterocycles. The third kappa shape index (κ3) is 2.27. The number of hydrogen-bond acceptors (Lipinski definition) is 2. The fourth-order valence-corrected chi connectivity index (χ4v) is 2.51. The Kier molecular flexibility index (Phi) is 2.99. The van der Waals surface area contributed by atoms with E-state index in [1.165, 1.54) is 4.40 Å². The Bertz CT molecular complexity index is 639. The number of fused-ring (bicyclic) bond motifs is 1. The Morgan fingerprint density at radius 2 is 2.00 bits per heavy atom. The minimum Gasteiger partial charge on any atom is -0.286 e. The van der Waals surface area contributed by atoms with Crippen molar-refractivity contribution in [2.75, 3.05) is 0 Å². The molecule has 3 nitrogen and oxygen atoms in total. The van der Waals surface area contributed by atoms with Crippen molar-refractivity contribution in [3.05, 3.63) is 29.2 Å². The fraction of sp³-hybridized carbons (Fsp3) is 0.571. The van der Waals surface area contributed by atoms with Crippen LogP contribution in [0, 0.1) is 5.92 Å². The highest BCUT2D eigenvalue weighted by atomic mass is 19.4. The van der Waals surface area contributed by atoms with E-state index in [0.717, 1.165) is 12.8 Å². The van der Waals surface area contributed by atoms with Crippen LogP contribution in [0.25, 0.3) is 5.65 Å². The smallest absolute Gasteiger partial charge is 0.286 e. The summed E-state index contributed by atoms with van der Waals surface area (Å²) in [5.41, 5.74) is -0.445. The number of halogens is 3. The van der Waals surface area contributed by atoms with Gasteiger partial charge in [0, 0.05) is 12.6 Å². The predicted molar refractivity (Wildman–Crippen MR) is 68.5 cm³/mol. The summed E-state index contributed by atoms with van der Waals surface area (Å²) >= 11 is 0. The molecule has 0 radical (unpaired) electrons. The molecule has 0 aromatic carbocycles. The van der Waals surface area contributed by atoms with Crippen LogP contribution in [0.4, 0.5) is 13.2 Å². The average Bonchev–Trinajstić information content (AvgIpc) is 3.07. The molecule has 0 spiro atoms. The highest BCUT2D eigenvalue weighted by molar-refractivity contribution is 5.54. The minimum atomic E-state index is -4.41. The molecule has 0 atom stereocenters. The van der Waals surface area contributed by atoms with E-state index in [9.17, 15) is 13.2 Å². The molecule has 108 valence electrons. The highest BCUT2D eigenvalue weighted by Crippen LogP contribution is 2.38. The van der Waals surface area contributed by atoms with Crippen LogP contribution in [-0.4, -0.2) is 14.6 Å². The van der Waals surface area contributed by atoms with Crippen molar-refractivity contribution < 1.29 is 13.2 Å². The molecule has 0 aliphatic heterocycles. The Labute approximate surface area is 114 Å². The van der Waals surface area contributed by atoms with Crippen LogP contribution in [0.2, 0.25) is 0 Å². The van der Waals surface area contributed by atoms with Crippen molar-refractivity contribution >= 4 is 5.65 Å². The molecule has 0 N–H and O–H groups in total. The lowest BCUT2D eigenvalue weighted by Crippen LogP contribution is -2.13. The maximum absolute atomic E-state index is 13.3. The lowest BCUT2D eigenvalue weighted by Gasteiger charge is -2.16. The van der Waals surface area contributed by atoms with Crippen molar-refractivity contribution in [3.8, 4) is 0 Å². The quantitative estimate of drug-likeness (QED) is 0.857. The van der Waals surface area contributed by atoms with Crippen molar-refractivity contribution in [1.29, 1.82) is 0 Å². The number of nitrogens with zero attached hydrogens (tertiary/aromatic N) is 3. The molecule has 2 aromatic heterocycles. The first-order valence-corrected chi connectivity index (χ1v) is 6.81. The van der Waals surface area contributed by atoms with Gasteiger partial charge >= 0.3 is 6.18 Å². The number of alkyl halides is 3. The normalized spacial score (nSPS) is 16.3. The van der Waals surface area contributed by atoms with Crippen LogP contribution in [0.5, 0.6) is 0 Å². The number of hydrogen-bond donors (Lipinski definition) is 0. The number of pyridine rings is 1. The van der Waals surface area contributed by atoms with E-state index in [0.29, 0.717) is 18.2 Å². The second kappa shape index (κ2) is 4.46. The molecule has 1 fully saturated rings. The van der Waals surface area contributed by atoms with E-state index in [1.807, 2.05) is 0 Å². The maximum Gasteiger partial charge on any atom is 0.420 e. The molecule has 1 aliphatic carbocycles. The monoisotopic (exact) mass is 283 g/mol. The van der Waals surface area contributed by atoms with Crippen molar-refractivity contribution in [3.63, 3.8) is 0 Å². The van der Waals surface area contributed by atoms with Crippen molar-refractivity contribution in [2.45, 2.75) is 45.2 Å². The van der Waals surface area contributed by atoms with Gasteiger partial charge in [0.25, 0.3) is 0 Å². The summed E-state index contributed by atoms with van der Waals surface area (Å²) in [5, 5.41) is 7.76. The summed E-state index contributed by atoms with van der Waals surface area (Å²) in [5.74, 6) is 0.977. The summed E-state index contributed by atoms with van der Waals surface area (Å²) in [4.78, 5) is 0. The third-order valence-corrected chi connectivity index (χ3v) is 3.76. The van der Waals surface area contributed by atoms with Crippen LogP contribution < -0.4 is 0 Å². The zero-order valence-corrected chi connectivity index (χ0v) is 11.4. The number of aromatic nitrogens is 3. The van der Waals surface area contributed by atoms with Gasteiger partial charge in [-0.15, -0.1) is 10.2 Å². The van der Waals surface area contributed by atoms with Crippen molar-refractivity contribution in [2.24, 2.45) is 5.92 Å². The fourth-order valence-electron chi connectivity index (χ4n) is 2.51. The largest absolute Gasteiger partial charge is 0.420 e. The van der Waals surface area contributed by atoms with E-state index < -0.39 is 11.7 Å². The van der Waals surface area contributed by atoms with Gasteiger partial charge in [-0.05, 0) is 36.3 Å². The molecule has 1 aliphatic rings. The summed E-state index contributed by atoms with van der Waals surface area (Å²) in [6.45, 7) is 3.51. The molecule has 0 unspecified atom stereocenters. The van der Waals surface area contributed by atoms with Crippen LogP contribution in [0.3, 0.4) is 0 Å². The second-order valence-electron chi connectivity index (χ2n) is 5.76. The lowest BCUT2D eigenvalue weighted by atomic mass is 9.98. The predicted octanol–water partition coefficient (Wildman–Crippen LogP) is 3.82. The van der Waals surface area contributed by atoms with Crippen molar-refractivity contribution in [1.82, 2.24) is 14.6 Å². The van der Waals surface area contributed by atoms with Crippen LogP contribution in [-0.2, 0) is 12.6 Å². The molecule has 6 heteroatoms. The molecule has 0 bridgehead atoms. The van der Waals surface area contributed by atoms with E-state index in [4.69, 9.17) is 0 Å². The summed E-state index contributed by atoms with van der Waals surface area (Å²) < 4.78 is 41.5. The van der Waals surface area contributed by atoms with Gasteiger partial charge < -0.3 is 0 Å². The molecule has 2 heterocycles. The Morgan fingerprint density at radius 1 is 1.30 bits per heavy atom. The zero-order chi connectivity index (χ0) is 14.5. The molecule has 2 aromatic rings. The second-order valence-corrected chi connectivity index (χ2v) is 5.76. The van der Waals surface area contributed by atoms with Crippen LogP contribution in [0.15, 0.2) is 12.3 Å². The SMILES string of the molecule is CC(C)c1ccn2c(CC3CC3)nnc2c1C(F)(F)F. The lowest BCUT2D eigenvalue weighted by molar-refractivity contribution is -0.137. The van der Waals surface area contributed by atoms with Gasteiger partial charge in [-0.2, -0.15) is 13.2 Å². The van der Waals surface area contributed by atoms with Gasteiger partial charge in [0.15, 0.2) is 5.65 Å². The van der Waals surface area contributed by atoms with Gasteiger partial charge in [-0.25, -0.2) is 0 Å². The topological polar surface area (TPSA) is 30.2 Å². The van der Waals surface area contributed by atoms with Gasteiger partial charge in [0.2, 0.25) is 0 Å². The van der Waals surface area contributed by atoms with Gasteiger partial charge in [-0.3, -0.25) is 4.40 Å². The average molecular weight is 283 g/mol. The van der Waals surface area contributed by atoms with E-state index in [2.05, 4.69) is 10.2 Å². The Hall–Kier alpha value is -1.59. The van der Waals surface area contributed by atoms with E-state index in [-0.39, 0.29) is 17.1 Å². The first-order valence-electron chi connectivity index (χ1n) is 6.81. The minimum absolute atomic E-state index is 0.0700. The molecular formula is C14H16F3N3. The van der Waals surface area contributed by atoms with Crippen LogP contribution >= 0.6 is 0 Å². The van der Waals surface area contributed by atoms with Crippen LogP contribution in [0.1, 0.15) is 49.6 Å². The zero-order valence-electron chi connectivity index (χ0n) is 11.4. The molecule has 0 amide bonds. The van der Waals surface area contributed by atoms with Gasteiger partial charge in [0.05, 0.1) is 0 Å². The van der Waals surface area contributed by atoms with E-state index in [1.54, 1.807) is 26.1 Å². The van der Waals surface area contributed by atoms with Gasteiger partial charge in [0.1, 0.15) is 11.4 Å². The summed E-state index contributed by atoms with van der Waals surface area (Å²) in [7, 11) is 0. The standard InChI is InChI=1S/C14H16F3N3/c1-8(2)10-5-6-20-11(7-9-3-4-9)18-19-13(20)12(10)14(15,16)17/h5-6,8-9H,3-4,7H2,1-2H3. The molecule has 1 saturated carbocycles. The van der Waals surface area contributed by atoms with Gasteiger partial charge in [-0.1, -0.05) is 13.8 Å². The molecular weight excluding hydrogens is 267 g/mol. The summed E-state index contributed by atoms with van der Waals surface area (Å²) in [6, 6.07) is 1.54. The first kappa shape index (κ1) is 13.4. The third-order valence-electron chi connectivity index (χ3n) is 3.76. The first-order chi connectivity index (χ1) is 9.38. The molecule has 3 rings (SSSR count). The Morgan fingerprint density at radius 3 is 2.55 bits per heavy atom. The number of rotatable bonds is 3. The highest BCUT2D eigenvalue weighted by Gasteiger charge is 2.38.